The first-order valence-corrected chi connectivity index (χ1v) is 9.58. The third-order valence-electron chi connectivity index (χ3n) is 5.39. The molecule has 2 heterocycles. The molecule has 3 aromatic rings. The maximum absolute atomic E-state index is 13.2. The van der Waals surface area contributed by atoms with Gasteiger partial charge in [-0.2, -0.15) is 0 Å². The van der Waals surface area contributed by atoms with Crippen LogP contribution in [0.5, 0.6) is 5.75 Å². The summed E-state index contributed by atoms with van der Waals surface area (Å²) in [5, 5.41) is 0.531. The van der Waals surface area contributed by atoms with Crippen LogP contribution in [0.4, 0.5) is 0 Å². The standard InChI is InChI=1S/C23H25NO3/c1-16-14-24(2)13-7-12-19(16)27-21-11-6-10-20-22(21)23(25)18(15-26-20)17-8-4-3-5-9-17/h3-6,8-11,15-16,19H,7,12-14H2,1-2H3. The van der Waals surface area contributed by atoms with Crippen molar-refractivity contribution in [3.8, 4) is 16.9 Å². The average molecular weight is 363 g/mol. The third-order valence-corrected chi connectivity index (χ3v) is 5.39. The Kier molecular flexibility index (Phi) is 4.99. The van der Waals surface area contributed by atoms with Crippen molar-refractivity contribution in [2.75, 3.05) is 20.1 Å². The van der Waals surface area contributed by atoms with Gasteiger partial charge in [-0.1, -0.05) is 43.3 Å². The Morgan fingerprint density at radius 3 is 2.74 bits per heavy atom. The first kappa shape index (κ1) is 17.8. The first-order chi connectivity index (χ1) is 13.1. The lowest BCUT2D eigenvalue weighted by atomic mass is 10.0. The minimum atomic E-state index is -0.0450. The van der Waals surface area contributed by atoms with E-state index in [9.17, 15) is 4.79 Å². The van der Waals surface area contributed by atoms with Gasteiger partial charge in [-0.3, -0.25) is 4.79 Å². The van der Waals surface area contributed by atoms with Gasteiger partial charge in [0, 0.05) is 12.5 Å². The molecule has 0 amide bonds. The molecular formula is C23H25NO3. The lowest BCUT2D eigenvalue weighted by molar-refractivity contribution is 0.133. The molecule has 4 nitrogen and oxygen atoms in total. The monoisotopic (exact) mass is 363 g/mol. The van der Waals surface area contributed by atoms with Crippen molar-refractivity contribution >= 4 is 11.0 Å². The van der Waals surface area contributed by atoms with Gasteiger partial charge in [0.1, 0.15) is 29.1 Å². The number of hydrogen-bond acceptors (Lipinski definition) is 4. The molecule has 0 saturated carbocycles. The zero-order chi connectivity index (χ0) is 18.8. The molecule has 1 fully saturated rings. The molecule has 0 spiro atoms. The highest BCUT2D eigenvalue weighted by Gasteiger charge is 2.25. The molecule has 27 heavy (non-hydrogen) atoms. The number of hydrogen-bond donors (Lipinski definition) is 0. The summed E-state index contributed by atoms with van der Waals surface area (Å²) in [6.07, 6.45) is 3.74. The summed E-state index contributed by atoms with van der Waals surface area (Å²) in [5.41, 5.74) is 1.94. The van der Waals surface area contributed by atoms with E-state index in [1.54, 1.807) is 6.26 Å². The lowest BCUT2D eigenvalue weighted by Crippen LogP contribution is -2.31. The topological polar surface area (TPSA) is 42.7 Å². The predicted octanol–water partition coefficient (Wildman–Crippen LogP) is 4.57. The minimum Gasteiger partial charge on any atom is -0.489 e. The van der Waals surface area contributed by atoms with E-state index in [-0.39, 0.29) is 11.5 Å². The largest absolute Gasteiger partial charge is 0.489 e. The highest BCUT2D eigenvalue weighted by molar-refractivity contribution is 5.87. The summed E-state index contributed by atoms with van der Waals surface area (Å²) in [4.78, 5) is 15.6. The van der Waals surface area contributed by atoms with E-state index in [1.165, 1.54) is 0 Å². The van der Waals surface area contributed by atoms with E-state index in [2.05, 4.69) is 18.9 Å². The Bertz CT molecular complexity index is 980. The molecule has 0 aliphatic carbocycles. The van der Waals surface area contributed by atoms with Gasteiger partial charge in [0.15, 0.2) is 0 Å². The van der Waals surface area contributed by atoms with Crippen molar-refractivity contribution in [2.24, 2.45) is 5.92 Å². The Morgan fingerprint density at radius 2 is 1.93 bits per heavy atom. The van der Waals surface area contributed by atoms with E-state index in [4.69, 9.17) is 9.15 Å². The molecule has 2 atom stereocenters. The Labute approximate surface area is 159 Å². The van der Waals surface area contributed by atoms with Crippen LogP contribution in [0.15, 0.2) is 64.0 Å². The highest BCUT2D eigenvalue weighted by Crippen LogP contribution is 2.29. The van der Waals surface area contributed by atoms with Crippen molar-refractivity contribution in [2.45, 2.75) is 25.9 Å². The molecule has 0 bridgehead atoms. The molecule has 4 heteroatoms. The maximum Gasteiger partial charge on any atom is 0.204 e. The van der Waals surface area contributed by atoms with E-state index < -0.39 is 0 Å². The molecule has 2 unspecified atom stereocenters. The SMILES string of the molecule is CC1CN(C)CCCC1Oc1cccc2occ(-c3ccccc3)c(=O)c12. The maximum atomic E-state index is 13.2. The second-order valence-electron chi connectivity index (χ2n) is 7.51. The van der Waals surface area contributed by atoms with Crippen LogP contribution in [0, 0.1) is 5.92 Å². The van der Waals surface area contributed by atoms with Crippen LogP contribution < -0.4 is 10.2 Å². The molecule has 0 radical (unpaired) electrons. The summed E-state index contributed by atoms with van der Waals surface area (Å²) in [6, 6.07) is 15.2. The van der Waals surface area contributed by atoms with Crippen LogP contribution in [0.2, 0.25) is 0 Å². The van der Waals surface area contributed by atoms with E-state index >= 15 is 0 Å². The fourth-order valence-corrected chi connectivity index (χ4v) is 3.94. The number of nitrogens with zero attached hydrogens (tertiary/aromatic N) is 1. The summed E-state index contributed by atoms with van der Waals surface area (Å²) < 4.78 is 12.2. The van der Waals surface area contributed by atoms with Gasteiger partial charge in [-0.15, -0.1) is 0 Å². The number of fused-ring (bicyclic) bond motifs is 1. The summed E-state index contributed by atoms with van der Waals surface area (Å²) in [5.74, 6) is 1.03. The van der Waals surface area contributed by atoms with Gasteiger partial charge in [-0.05, 0) is 44.1 Å². The minimum absolute atomic E-state index is 0.0450. The smallest absolute Gasteiger partial charge is 0.204 e. The lowest BCUT2D eigenvalue weighted by Gasteiger charge is -2.24. The Hall–Kier alpha value is -2.59. The molecule has 1 aromatic heterocycles. The normalized spacial score (nSPS) is 21.1. The van der Waals surface area contributed by atoms with Crippen molar-refractivity contribution in [1.29, 1.82) is 0 Å². The average Bonchev–Trinajstić information content (AvgIpc) is 2.83. The third kappa shape index (κ3) is 3.62. The van der Waals surface area contributed by atoms with Crippen molar-refractivity contribution < 1.29 is 9.15 Å². The van der Waals surface area contributed by atoms with Crippen LogP contribution in [0.25, 0.3) is 22.1 Å². The van der Waals surface area contributed by atoms with Crippen LogP contribution in [-0.2, 0) is 0 Å². The molecule has 4 rings (SSSR count). The second-order valence-corrected chi connectivity index (χ2v) is 7.51. The van der Waals surface area contributed by atoms with E-state index in [1.807, 2.05) is 48.5 Å². The highest BCUT2D eigenvalue weighted by atomic mass is 16.5. The van der Waals surface area contributed by atoms with Crippen LogP contribution >= 0.6 is 0 Å². The summed E-state index contributed by atoms with van der Waals surface area (Å²) >= 11 is 0. The van der Waals surface area contributed by atoms with Crippen LogP contribution in [-0.4, -0.2) is 31.1 Å². The Balaban J connectivity index is 1.76. The number of likely N-dealkylation sites (tertiary alicyclic amines) is 1. The molecule has 140 valence electrons. The molecule has 1 aliphatic rings. The van der Waals surface area contributed by atoms with E-state index in [0.717, 1.165) is 31.5 Å². The quantitative estimate of drug-likeness (QED) is 0.684. The molecule has 1 saturated heterocycles. The van der Waals surface area contributed by atoms with Gasteiger partial charge in [0.25, 0.3) is 0 Å². The predicted molar refractivity (Wildman–Crippen MR) is 108 cm³/mol. The van der Waals surface area contributed by atoms with Gasteiger partial charge in [0.05, 0.1) is 5.56 Å². The summed E-state index contributed by atoms with van der Waals surface area (Å²) in [6.45, 7) is 4.30. The van der Waals surface area contributed by atoms with Crippen molar-refractivity contribution in [3.05, 3.63) is 65.0 Å². The number of ether oxygens (including phenoxy) is 1. The molecule has 0 N–H and O–H groups in total. The van der Waals surface area contributed by atoms with Crippen LogP contribution in [0.1, 0.15) is 19.8 Å². The molecule has 1 aliphatic heterocycles. The number of rotatable bonds is 3. The zero-order valence-corrected chi connectivity index (χ0v) is 15.9. The van der Waals surface area contributed by atoms with Crippen LogP contribution in [0.3, 0.4) is 0 Å². The molecular weight excluding hydrogens is 338 g/mol. The van der Waals surface area contributed by atoms with Gasteiger partial charge in [-0.25, -0.2) is 0 Å². The van der Waals surface area contributed by atoms with Gasteiger partial charge in [0.2, 0.25) is 5.43 Å². The Morgan fingerprint density at radius 1 is 1.11 bits per heavy atom. The summed E-state index contributed by atoms with van der Waals surface area (Å²) in [7, 11) is 2.15. The second kappa shape index (κ2) is 7.57. The zero-order valence-electron chi connectivity index (χ0n) is 15.9. The van der Waals surface area contributed by atoms with Gasteiger partial charge < -0.3 is 14.1 Å². The number of benzene rings is 2. The first-order valence-electron chi connectivity index (χ1n) is 9.58. The molecule has 2 aromatic carbocycles. The van der Waals surface area contributed by atoms with Crippen molar-refractivity contribution in [3.63, 3.8) is 0 Å². The van der Waals surface area contributed by atoms with Gasteiger partial charge >= 0.3 is 0 Å². The van der Waals surface area contributed by atoms with Crippen molar-refractivity contribution in [1.82, 2.24) is 4.90 Å². The fraction of sp³-hybridized carbons (Fsp3) is 0.348. The van der Waals surface area contributed by atoms with E-state index in [0.29, 0.717) is 28.2 Å². The fourth-order valence-electron chi connectivity index (χ4n) is 3.94.